The van der Waals surface area contributed by atoms with Crippen molar-refractivity contribution in [3.05, 3.63) is 35.4 Å². The Bertz CT molecular complexity index is 738. The summed E-state index contributed by atoms with van der Waals surface area (Å²) in [6.45, 7) is 8.76. The molecule has 0 radical (unpaired) electrons. The zero-order chi connectivity index (χ0) is 21.3. The lowest BCUT2D eigenvalue weighted by Crippen LogP contribution is -2.46. The number of esters is 1. The first-order valence-electron chi connectivity index (χ1n) is 11.2. The third kappa shape index (κ3) is 7.08. The molecule has 1 aromatic carbocycles. The minimum Gasteiger partial charge on any atom is -0.466 e. The smallest absolute Gasteiger partial charge is 0.309 e. The second-order valence-electron chi connectivity index (χ2n) is 7.87. The van der Waals surface area contributed by atoms with Crippen molar-refractivity contribution in [3.8, 4) is 0 Å². The van der Waals surface area contributed by atoms with E-state index in [0.717, 1.165) is 57.9 Å². The number of amides is 1. The van der Waals surface area contributed by atoms with Gasteiger partial charge in [0.25, 0.3) is 0 Å². The van der Waals surface area contributed by atoms with Crippen molar-refractivity contribution in [2.45, 2.75) is 52.6 Å². The van der Waals surface area contributed by atoms with Crippen LogP contribution >= 0.6 is 24.0 Å². The average Bonchev–Trinajstić information content (AvgIpc) is 3.20. The number of fused-ring (bicyclic) bond motifs is 1. The Hall–Kier alpha value is -1.84. The van der Waals surface area contributed by atoms with Crippen molar-refractivity contribution in [1.29, 1.82) is 0 Å². The minimum absolute atomic E-state index is 0. The summed E-state index contributed by atoms with van der Waals surface area (Å²) in [7, 11) is 0. The molecule has 1 N–H and O–H groups in total. The van der Waals surface area contributed by atoms with Gasteiger partial charge in [0.15, 0.2) is 5.96 Å². The fourth-order valence-corrected chi connectivity index (χ4v) is 4.10. The second-order valence-corrected chi connectivity index (χ2v) is 7.87. The first kappa shape index (κ1) is 25.4. The highest BCUT2D eigenvalue weighted by atomic mass is 127. The van der Waals surface area contributed by atoms with E-state index < -0.39 is 0 Å². The Balaban J connectivity index is 0.00000341. The number of ether oxygens (including phenoxy) is 1. The summed E-state index contributed by atoms with van der Waals surface area (Å²) < 4.78 is 5.15. The van der Waals surface area contributed by atoms with Crippen molar-refractivity contribution in [2.75, 3.05) is 32.8 Å². The van der Waals surface area contributed by atoms with Crippen LogP contribution in [0.3, 0.4) is 0 Å². The van der Waals surface area contributed by atoms with E-state index in [-0.39, 0.29) is 41.8 Å². The zero-order valence-corrected chi connectivity index (χ0v) is 21.0. The van der Waals surface area contributed by atoms with Crippen molar-refractivity contribution >= 4 is 41.8 Å². The summed E-state index contributed by atoms with van der Waals surface area (Å²) in [6.07, 6.45) is 2.83. The van der Waals surface area contributed by atoms with Crippen LogP contribution in [0.25, 0.3) is 0 Å². The number of likely N-dealkylation sites (tertiary alicyclic amines) is 1. The number of halogens is 1. The number of hydrogen-bond acceptors (Lipinski definition) is 4. The molecule has 0 spiro atoms. The molecule has 1 amide bonds. The second kappa shape index (κ2) is 12.9. The average molecular weight is 542 g/mol. The van der Waals surface area contributed by atoms with Gasteiger partial charge in [0.2, 0.25) is 5.91 Å². The largest absolute Gasteiger partial charge is 0.466 e. The Morgan fingerprint density at radius 1 is 1.10 bits per heavy atom. The molecule has 3 rings (SSSR count). The van der Waals surface area contributed by atoms with Gasteiger partial charge in [0.1, 0.15) is 0 Å². The summed E-state index contributed by atoms with van der Waals surface area (Å²) in [5.41, 5.74) is 2.51. The summed E-state index contributed by atoms with van der Waals surface area (Å²) in [5.74, 6) is 0.982. The van der Waals surface area contributed by atoms with Gasteiger partial charge in [-0.15, -0.1) is 24.0 Å². The molecule has 1 fully saturated rings. The van der Waals surface area contributed by atoms with Crippen molar-refractivity contribution in [1.82, 2.24) is 15.1 Å². The number of carbonyl (C=O) groups is 2. The predicted octanol–water partition coefficient (Wildman–Crippen LogP) is 3.17. The van der Waals surface area contributed by atoms with E-state index >= 15 is 0 Å². The fraction of sp³-hybridized carbons (Fsp3) is 0.609. The third-order valence-electron chi connectivity index (χ3n) is 5.75. The monoisotopic (exact) mass is 542 g/mol. The SMILES string of the molecule is CCNC(=NCCCC(=O)N1Cc2ccccc2C1)N1CCC(C(=O)OCC)CC1.I. The van der Waals surface area contributed by atoms with Gasteiger partial charge < -0.3 is 19.9 Å². The quantitative estimate of drug-likeness (QED) is 0.189. The molecule has 0 bridgehead atoms. The van der Waals surface area contributed by atoms with Crippen LogP contribution in [-0.4, -0.2) is 60.4 Å². The van der Waals surface area contributed by atoms with Crippen LogP contribution < -0.4 is 5.32 Å². The Morgan fingerprint density at radius 3 is 2.32 bits per heavy atom. The molecule has 0 aliphatic carbocycles. The lowest BCUT2D eigenvalue weighted by atomic mass is 9.97. The molecule has 172 valence electrons. The first-order chi connectivity index (χ1) is 14.6. The summed E-state index contributed by atoms with van der Waals surface area (Å²) in [6, 6.07) is 8.25. The van der Waals surface area contributed by atoms with E-state index in [1.54, 1.807) is 0 Å². The predicted molar refractivity (Wildman–Crippen MR) is 132 cm³/mol. The molecule has 2 heterocycles. The Kier molecular flexibility index (Phi) is 10.6. The molecule has 0 aromatic heterocycles. The van der Waals surface area contributed by atoms with Gasteiger partial charge in [0.05, 0.1) is 12.5 Å². The Labute approximate surface area is 202 Å². The number of carbonyl (C=O) groups excluding carboxylic acids is 2. The van der Waals surface area contributed by atoms with Crippen molar-refractivity contribution in [3.63, 3.8) is 0 Å². The summed E-state index contributed by atoms with van der Waals surface area (Å²) in [4.78, 5) is 33.3. The van der Waals surface area contributed by atoms with E-state index in [1.807, 2.05) is 24.0 Å². The topological polar surface area (TPSA) is 74.2 Å². The van der Waals surface area contributed by atoms with Crippen LogP contribution in [0.1, 0.15) is 50.7 Å². The highest BCUT2D eigenvalue weighted by Gasteiger charge is 2.27. The molecule has 0 atom stereocenters. The molecular weight excluding hydrogens is 507 g/mol. The number of nitrogens with one attached hydrogen (secondary N) is 1. The maximum Gasteiger partial charge on any atom is 0.309 e. The van der Waals surface area contributed by atoms with Crippen LogP contribution in [0.4, 0.5) is 0 Å². The molecular formula is C23H35IN4O3. The molecule has 7 nitrogen and oxygen atoms in total. The number of benzene rings is 1. The van der Waals surface area contributed by atoms with Gasteiger partial charge in [-0.05, 0) is 44.2 Å². The summed E-state index contributed by atoms with van der Waals surface area (Å²) >= 11 is 0. The molecule has 1 aromatic rings. The number of rotatable bonds is 7. The molecule has 2 aliphatic heterocycles. The highest BCUT2D eigenvalue weighted by molar-refractivity contribution is 14.0. The standard InChI is InChI=1S/C23H34N4O3.HI/c1-3-24-23(26-14-11-18(12-15-26)22(29)30-4-2)25-13-7-10-21(28)27-16-19-8-5-6-9-20(19)17-27;/h5-6,8-9,18H,3-4,7,10-17H2,1-2H3,(H,24,25);1H. The minimum atomic E-state index is -0.0818. The van der Waals surface area contributed by atoms with E-state index in [1.165, 1.54) is 11.1 Å². The first-order valence-corrected chi connectivity index (χ1v) is 11.2. The Morgan fingerprint density at radius 2 is 1.74 bits per heavy atom. The van der Waals surface area contributed by atoms with Crippen LogP contribution in [-0.2, 0) is 27.4 Å². The zero-order valence-electron chi connectivity index (χ0n) is 18.6. The number of guanidine groups is 1. The lowest BCUT2D eigenvalue weighted by molar-refractivity contribution is -0.149. The van der Waals surface area contributed by atoms with E-state index in [9.17, 15) is 9.59 Å². The van der Waals surface area contributed by atoms with Gasteiger partial charge in [0, 0.05) is 45.7 Å². The van der Waals surface area contributed by atoms with Gasteiger partial charge in [-0.25, -0.2) is 0 Å². The van der Waals surface area contributed by atoms with Crippen LogP contribution in [0.2, 0.25) is 0 Å². The molecule has 0 saturated carbocycles. The number of aliphatic imine (C=N–C) groups is 1. The molecule has 0 unspecified atom stereocenters. The van der Waals surface area contributed by atoms with Gasteiger partial charge >= 0.3 is 5.97 Å². The highest BCUT2D eigenvalue weighted by Crippen LogP contribution is 2.23. The fourth-order valence-electron chi connectivity index (χ4n) is 4.10. The van der Waals surface area contributed by atoms with Crippen LogP contribution in [0.5, 0.6) is 0 Å². The summed E-state index contributed by atoms with van der Waals surface area (Å²) in [5, 5.41) is 3.34. The molecule has 1 saturated heterocycles. The van der Waals surface area contributed by atoms with Crippen molar-refractivity contribution in [2.24, 2.45) is 10.9 Å². The maximum atomic E-state index is 12.5. The number of piperidine rings is 1. The van der Waals surface area contributed by atoms with E-state index in [0.29, 0.717) is 19.6 Å². The van der Waals surface area contributed by atoms with Gasteiger partial charge in [-0.3, -0.25) is 14.6 Å². The molecule has 2 aliphatic rings. The number of nitrogens with zero attached hydrogens (tertiary/aromatic N) is 3. The van der Waals surface area contributed by atoms with Crippen molar-refractivity contribution < 1.29 is 14.3 Å². The third-order valence-corrected chi connectivity index (χ3v) is 5.75. The maximum absolute atomic E-state index is 12.5. The molecule has 8 heteroatoms. The lowest BCUT2D eigenvalue weighted by Gasteiger charge is -2.33. The van der Waals surface area contributed by atoms with Crippen LogP contribution in [0, 0.1) is 5.92 Å². The van der Waals surface area contributed by atoms with E-state index in [2.05, 4.69) is 29.3 Å². The van der Waals surface area contributed by atoms with Gasteiger partial charge in [-0.2, -0.15) is 0 Å². The normalized spacial score (nSPS) is 16.5. The van der Waals surface area contributed by atoms with Crippen LogP contribution in [0.15, 0.2) is 29.3 Å². The van der Waals surface area contributed by atoms with Gasteiger partial charge in [-0.1, -0.05) is 24.3 Å². The van der Waals surface area contributed by atoms with E-state index in [4.69, 9.17) is 9.73 Å². The number of hydrogen-bond donors (Lipinski definition) is 1. The molecule has 31 heavy (non-hydrogen) atoms.